The highest BCUT2D eigenvalue weighted by Gasteiger charge is 2.35. The molecule has 2 aliphatic heterocycles. The van der Waals surface area contributed by atoms with Gasteiger partial charge < -0.3 is 15.3 Å². The number of nitrogens with zero attached hydrogens (tertiary/aromatic N) is 1. The maximum Gasteiger partial charge on any atom is 0.308 e. The minimum Gasteiger partial charge on any atom is -0.481 e. The second-order valence-electron chi connectivity index (χ2n) is 5.20. The number of carboxylic acid groups (broad SMARTS) is 1. The predicted molar refractivity (Wildman–Crippen MR) is 62.5 cm³/mol. The SMILES string of the molecule is C[C@@H]1CNC[C@H]1C(=O)N1CCC[C@@H](C(=O)O)C1. The molecule has 0 saturated carbocycles. The Hall–Kier alpha value is -1.10. The van der Waals surface area contributed by atoms with Crippen molar-refractivity contribution in [1.29, 1.82) is 0 Å². The molecule has 96 valence electrons. The van der Waals surface area contributed by atoms with Crippen molar-refractivity contribution >= 4 is 11.9 Å². The van der Waals surface area contributed by atoms with E-state index in [9.17, 15) is 9.59 Å². The minimum atomic E-state index is -0.778. The lowest BCUT2D eigenvalue weighted by Crippen LogP contribution is -2.46. The monoisotopic (exact) mass is 240 g/mol. The van der Waals surface area contributed by atoms with Crippen molar-refractivity contribution in [2.24, 2.45) is 17.8 Å². The van der Waals surface area contributed by atoms with E-state index < -0.39 is 5.97 Å². The number of hydrogen-bond donors (Lipinski definition) is 2. The Balaban J connectivity index is 1.97. The first-order chi connectivity index (χ1) is 8.09. The first-order valence-corrected chi connectivity index (χ1v) is 6.32. The van der Waals surface area contributed by atoms with E-state index in [1.165, 1.54) is 0 Å². The van der Waals surface area contributed by atoms with Crippen LogP contribution in [0.25, 0.3) is 0 Å². The molecule has 5 heteroatoms. The number of piperidine rings is 1. The lowest BCUT2D eigenvalue weighted by atomic mass is 9.93. The summed E-state index contributed by atoms with van der Waals surface area (Å²) in [5.74, 6) is -0.638. The Labute approximate surface area is 101 Å². The van der Waals surface area contributed by atoms with Gasteiger partial charge in [0.15, 0.2) is 0 Å². The maximum absolute atomic E-state index is 12.3. The van der Waals surface area contributed by atoms with Gasteiger partial charge in [0.2, 0.25) is 5.91 Å². The molecule has 0 aromatic carbocycles. The molecule has 2 aliphatic rings. The van der Waals surface area contributed by atoms with Crippen LogP contribution in [0.5, 0.6) is 0 Å². The molecule has 0 radical (unpaired) electrons. The largest absolute Gasteiger partial charge is 0.481 e. The highest BCUT2D eigenvalue weighted by molar-refractivity contribution is 5.81. The summed E-state index contributed by atoms with van der Waals surface area (Å²) in [6.07, 6.45) is 1.49. The van der Waals surface area contributed by atoms with E-state index in [4.69, 9.17) is 5.11 Å². The predicted octanol–water partition coefficient (Wildman–Crippen LogP) is 0.165. The number of amides is 1. The average molecular weight is 240 g/mol. The summed E-state index contributed by atoms with van der Waals surface area (Å²) in [5, 5.41) is 12.2. The average Bonchev–Trinajstić information content (AvgIpc) is 2.74. The Kier molecular flexibility index (Phi) is 3.66. The molecule has 2 heterocycles. The summed E-state index contributed by atoms with van der Waals surface area (Å²) in [6, 6.07) is 0. The molecule has 2 N–H and O–H groups in total. The van der Waals surface area contributed by atoms with E-state index in [1.807, 2.05) is 0 Å². The van der Waals surface area contributed by atoms with E-state index in [0.29, 0.717) is 25.4 Å². The van der Waals surface area contributed by atoms with Crippen molar-refractivity contribution in [2.75, 3.05) is 26.2 Å². The van der Waals surface area contributed by atoms with Crippen molar-refractivity contribution in [1.82, 2.24) is 10.2 Å². The van der Waals surface area contributed by atoms with E-state index in [-0.39, 0.29) is 17.7 Å². The first kappa shape index (κ1) is 12.4. The Bertz CT molecular complexity index is 319. The number of hydrogen-bond acceptors (Lipinski definition) is 3. The number of likely N-dealkylation sites (tertiary alicyclic amines) is 1. The molecule has 0 bridgehead atoms. The van der Waals surface area contributed by atoms with E-state index in [1.54, 1.807) is 4.90 Å². The third kappa shape index (κ3) is 2.60. The van der Waals surface area contributed by atoms with E-state index >= 15 is 0 Å². The molecule has 2 rings (SSSR count). The zero-order valence-corrected chi connectivity index (χ0v) is 10.2. The van der Waals surface area contributed by atoms with Crippen LogP contribution >= 0.6 is 0 Å². The van der Waals surface area contributed by atoms with E-state index in [2.05, 4.69) is 12.2 Å². The van der Waals surface area contributed by atoms with Crippen molar-refractivity contribution in [2.45, 2.75) is 19.8 Å². The van der Waals surface area contributed by atoms with Crippen LogP contribution in [-0.2, 0) is 9.59 Å². The zero-order chi connectivity index (χ0) is 12.4. The molecule has 0 spiro atoms. The molecule has 0 aromatic heterocycles. The summed E-state index contributed by atoms with van der Waals surface area (Å²) < 4.78 is 0. The van der Waals surface area contributed by atoms with Gasteiger partial charge in [-0.15, -0.1) is 0 Å². The van der Waals surface area contributed by atoms with Gasteiger partial charge in [0.05, 0.1) is 11.8 Å². The van der Waals surface area contributed by atoms with Gasteiger partial charge in [0.25, 0.3) is 0 Å². The zero-order valence-electron chi connectivity index (χ0n) is 10.2. The minimum absolute atomic E-state index is 0.0301. The number of carbonyl (C=O) groups excluding carboxylic acids is 1. The fraction of sp³-hybridized carbons (Fsp3) is 0.833. The van der Waals surface area contributed by atoms with Gasteiger partial charge >= 0.3 is 5.97 Å². The van der Waals surface area contributed by atoms with Gasteiger partial charge in [0, 0.05) is 19.6 Å². The molecule has 0 aliphatic carbocycles. The maximum atomic E-state index is 12.3. The van der Waals surface area contributed by atoms with Gasteiger partial charge in [-0.2, -0.15) is 0 Å². The number of carboxylic acids is 1. The van der Waals surface area contributed by atoms with Crippen LogP contribution < -0.4 is 5.32 Å². The standard InChI is InChI=1S/C12H20N2O3/c1-8-5-13-6-10(8)11(15)14-4-2-3-9(7-14)12(16)17/h8-10,13H,2-7H2,1H3,(H,16,17)/t8-,9-,10-/m1/s1. The smallest absolute Gasteiger partial charge is 0.308 e. The third-order valence-corrected chi connectivity index (χ3v) is 3.92. The van der Waals surface area contributed by atoms with Gasteiger partial charge in [-0.05, 0) is 25.3 Å². The van der Waals surface area contributed by atoms with Gasteiger partial charge in [-0.3, -0.25) is 9.59 Å². The lowest BCUT2D eigenvalue weighted by Gasteiger charge is -2.33. The molecule has 1 amide bonds. The van der Waals surface area contributed by atoms with Gasteiger partial charge in [-0.25, -0.2) is 0 Å². The number of rotatable bonds is 2. The van der Waals surface area contributed by atoms with Crippen LogP contribution in [-0.4, -0.2) is 48.1 Å². The second-order valence-corrected chi connectivity index (χ2v) is 5.20. The Morgan fingerprint density at radius 1 is 1.35 bits per heavy atom. The van der Waals surface area contributed by atoms with Crippen molar-refractivity contribution in [3.05, 3.63) is 0 Å². The summed E-state index contributed by atoms with van der Waals surface area (Å²) in [4.78, 5) is 25.0. The highest BCUT2D eigenvalue weighted by atomic mass is 16.4. The first-order valence-electron chi connectivity index (χ1n) is 6.32. The molecule has 5 nitrogen and oxygen atoms in total. The van der Waals surface area contributed by atoms with Crippen LogP contribution in [0.2, 0.25) is 0 Å². The fourth-order valence-corrected chi connectivity index (χ4v) is 2.75. The summed E-state index contributed by atoms with van der Waals surface area (Å²) >= 11 is 0. The van der Waals surface area contributed by atoms with Crippen LogP contribution in [0.1, 0.15) is 19.8 Å². The quantitative estimate of drug-likeness (QED) is 0.721. The molecular weight excluding hydrogens is 220 g/mol. The van der Waals surface area contributed by atoms with Crippen molar-refractivity contribution in [3.63, 3.8) is 0 Å². The molecule has 2 fully saturated rings. The van der Waals surface area contributed by atoms with Crippen molar-refractivity contribution in [3.8, 4) is 0 Å². The van der Waals surface area contributed by atoms with Crippen molar-refractivity contribution < 1.29 is 14.7 Å². The molecule has 0 aromatic rings. The third-order valence-electron chi connectivity index (χ3n) is 3.92. The Morgan fingerprint density at radius 3 is 2.71 bits per heavy atom. The van der Waals surface area contributed by atoms with Crippen LogP contribution in [0.3, 0.4) is 0 Å². The van der Waals surface area contributed by atoms with Crippen LogP contribution in [0.15, 0.2) is 0 Å². The fourth-order valence-electron chi connectivity index (χ4n) is 2.75. The van der Waals surface area contributed by atoms with Gasteiger partial charge in [-0.1, -0.05) is 6.92 Å². The van der Waals surface area contributed by atoms with Crippen LogP contribution in [0, 0.1) is 17.8 Å². The summed E-state index contributed by atoms with van der Waals surface area (Å²) in [7, 11) is 0. The lowest BCUT2D eigenvalue weighted by molar-refractivity contribution is -0.146. The molecule has 0 unspecified atom stereocenters. The number of carbonyl (C=O) groups is 2. The normalized spacial score (nSPS) is 33.7. The molecular formula is C12H20N2O3. The summed E-state index contributed by atoms with van der Waals surface area (Å²) in [5.41, 5.74) is 0. The van der Waals surface area contributed by atoms with Crippen LogP contribution in [0.4, 0.5) is 0 Å². The molecule has 2 saturated heterocycles. The summed E-state index contributed by atoms with van der Waals surface area (Å²) in [6.45, 7) is 4.78. The topological polar surface area (TPSA) is 69.6 Å². The van der Waals surface area contributed by atoms with Gasteiger partial charge in [0.1, 0.15) is 0 Å². The second kappa shape index (κ2) is 5.04. The Morgan fingerprint density at radius 2 is 2.12 bits per heavy atom. The molecule has 17 heavy (non-hydrogen) atoms. The number of aliphatic carboxylic acids is 1. The highest BCUT2D eigenvalue weighted by Crippen LogP contribution is 2.23. The number of nitrogens with one attached hydrogen (secondary N) is 1. The molecule has 3 atom stereocenters. The van der Waals surface area contributed by atoms with E-state index in [0.717, 1.165) is 19.5 Å².